The molecular formula is C32H31ClF2N4O5. The van der Waals surface area contributed by atoms with Gasteiger partial charge < -0.3 is 19.3 Å². The van der Waals surface area contributed by atoms with Crippen molar-refractivity contribution < 1.29 is 32.9 Å². The van der Waals surface area contributed by atoms with Crippen LogP contribution in [0.15, 0.2) is 48.8 Å². The Bertz CT molecular complexity index is 1590. The number of aliphatic hydroxyl groups is 1. The van der Waals surface area contributed by atoms with E-state index in [0.717, 1.165) is 6.07 Å². The highest BCUT2D eigenvalue weighted by atomic mass is 35.5. The molecule has 3 aliphatic heterocycles. The van der Waals surface area contributed by atoms with Gasteiger partial charge in [0.15, 0.2) is 0 Å². The van der Waals surface area contributed by atoms with Crippen LogP contribution in [0.2, 0.25) is 5.02 Å². The zero-order chi connectivity index (χ0) is 31.1. The largest absolute Gasteiger partial charge is 0.382 e. The van der Waals surface area contributed by atoms with E-state index in [-0.39, 0.29) is 73.7 Å². The Morgan fingerprint density at radius 1 is 1.18 bits per heavy atom. The molecule has 0 bridgehead atoms. The van der Waals surface area contributed by atoms with Crippen molar-refractivity contribution in [1.82, 2.24) is 14.9 Å². The van der Waals surface area contributed by atoms with Gasteiger partial charge in [-0.3, -0.25) is 9.69 Å². The fourth-order valence-corrected chi connectivity index (χ4v) is 6.63. The minimum atomic E-state index is -2.09. The highest BCUT2D eigenvalue weighted by molar-refractivity contribution is 6.30. The summed E-state index contributed by atoms with van der Waals surface area (Å²) in [6.07, 6.45) is 2.45. The van der Waals surface area contributed by atoms with Gasteiger partial charge in [-0.15, -0.1) is 0 Å². The normalized spacial score (nSPS) is 24.1. The molecule has 12 heteroatoms. The molecule has 0 unspecified atom stereocenters. The molecule has 3 aromatic rings. The summed E-state index contributed by atoms with van der Waals surface area (Å²) in [6, 6.07) is 11.0. The first kappa shape index (κ1) is 30.5. The fraction of sp³-hybridized carbons (Fsp3) is 0.438. The molecule has 2 fully saturated rings. The van der Waals surface area contributed by atoms with Gasteiger partial charge >= 0.3 is 0 Å². The molecule has 3 aliphatic rings. The number of nitriles is 1. The van der Waals surface area contributed by atoms with Gasteiger partial charge in [-0.05, 0) is 42.7 Å². The number of amides is 1. The lowest BCUT2D eigenvalue weighted by Crippen LogP contribution is -2.51. The number of nitrogens with zero attached hydrogens (tertiary/aromatic N) is 4. The lowest BCUT2D eigenvalue weighted by molar-refractivity contribution is -0.155. The Labute approximate surface area is 258 Å². The van der Waals surface area contributed by atoms with Crippen LogP contribution in [0.4, 0.5) is 8.78 Å². The van der Waals surface area contributed by atoms with Crippen molar-refractivity contribution in [2.24, 2.45) is 0 Å². The van der Waals surface area contributed by atoms with E-state index in [1.165, 1.54) is 23.4 Å². The number of ether oxygens (including phenoxy) is 3. The van der Waals surface area contributed by atoms with Crippen molar-refractivity contribution in [2.45, 2.75) is 62.3 Å². The van der Waals surface area contributed by atoms with E-state index in [1.807, 2.05) is 6.07 Å². The van der Waals surface area contributed by atoms with Gasteiger partial charge in [0.2, 0.25) is 5.72 Å². The van der Waals surface area contributed by atoms with E-state index in [2.05, 4.69) is 9.97 Å². The topological polar surface area (TPSA) is 118 Å². The number of benzene rings is 2. The maximum absolute atomic E-state index is 16.8. The predicted octanol–water partition coefficient (Wildman–Crippen LogP) is 4.92. The molecule has 0 spiro atoms. The summed E-state index contributed by atoms with van der Waals surface area (Å²) in [5, 5.41) is 21.5. The monoisotopic (exact) mass is 624 g/mol. The molecule has 1 amide bonds. The van der Waals surface area contributed by atoms with Gasteiger partial charge in [0.05, 0.1) is 35.9 Å². The maximum Gasteiger partial charge on any atom is 0.257 e. The van der Waals surface area contributed by atoms with Crippen LogP contribution in [0, 0.1) is 17.1 Å². The third kappa shape index (κ3) is 4.95. The van der Waals surface area contributed by atoms with Crippen molar-refractivity contribution in [3.63, 3.8) is 0 Å². The number of fused-ring (bicyclic) bond motifs is 1. The molecule has 2 aromatic carbocycles. The van der Waals surface area contributed by atoms with E-state index < -0.39 is 34.8 Å². The second-order valence-corrected chi connectivity index (χ2v) is 11.8. The molecule has 0 saturated carbocycles. The molecular weight excluding hydrogens is 594 g/mol. The van der Waals surface area contributed by atoms with Gasteiger partial charge in [0.1, 0.15) is 29.0 Å². The van der Waals surface area contributed by atoms with Gasteiger partial charge in [-0.2, -0.15) is 5.26 Å². The summed E-state index contributed by atoms with van der Waals surface area (Å²) in [7, 11) is 0. The first-order valence-corrected chi connectivity index (χ1v) is 14.9. The highest BCUT2D eigenvalue weighted by Gasteiger charge is 2.58. The number of aromatic nitrogens is 2. The van der Waals surface area contributed by atoms with E-state index >= 15 is 8.78 Å². The summed E-state index contributed by atoms with van der Waals surface area (Å²) in [6.45, 7) is 2.28. The Morgan fingerprint density at radius 3 is 2.50 bits per heavy atom. The molecule has 4 heterocycles. The van der Waals surface area contributed by atoms with Crippen LogP contribution in [-0.2, 0) is 32.1 Å². The summed E-state index contributed by atoms with van der Waals surface area (Å²) >= 11 is 6.23. The number of carbonyl (C=O) groups is 1. The van der Waals surface area contributed by atoms with Crippen LogP contribution in [0.3, 0.4) is 0 Å². The van der Waals surface area contributed by atoms with Crippen molar-refractivity contribution in [2.75, 3.05) is 26.4 Å². The van der Waals surface area contributed by atoms with Gasteiger partial charge in [-0.25, -0.2) is 18.7 Å². The first-order chi connectivity index (χ1) is 21.1. The van der Waals surface area contributed by atoms with Crippen LogP contribution in [0.25, 0.3) is 0 Å². The van der Waals surface area contributed by atoms with E-state index in [1.54, 1.807) is 31.2 Å². The average molecular weight is 625 g/mol. The quantitative estimate of drug-likeness (QED) is 0.375. The zero-order valence-electron chi connectivity index (χ0n) is 24.1. The van der Waals surface area contributed by atoms with Crippen LogP contribution in [0.1, 0.15) is 71.0 Å². The maximum atomic E-state index is 16.8. The Balaban J connectivity index is 1.56. The molecule has 3 atom stereocenters. The fourth-order valence-electron chi connectivity index (χ4n) is 6.50. The standard InChI is InChI=1S/C32H31ClF2N4O5/c1-2-31(41,30(35)8-11-42-12-9-30)22-13-25-28(26(34)14-22)32(44-24-7-10-43-19-24,21-3-5-23(33)6-4-21)39(29(25)40)18-27-37-16-20(15-36)17-38-27/h3-6,13-14,16-17,24,41H,2,7-12,18-19H2,1H3/t24-,31+,32+/m0/s1. The number of alkyl halides is 1. The Kier molecular flexibility index (Phi) is 8.15. The minimum absolute atomic E-state index is 0.0420. The summed E-state index contributed by atoms with van der Waals surface area (Å²) in [5.74, 6) is -1.28. The number of carbonyl (C=O) groups excluding carboxylic acids is 1. The van der Waals surface area contributed by atoms with E-state index in [4.69, 9.17) is 25.8 Å². The second-order valence-electron chi connectivity index (χ2n) is 11.3. The van der Waals surface area contributed by atoms with Gasteiger partial charge in [0.25, 0.3) is 5.91 Å². The van der Waals surface area contributed by atoms with Crippen molar-refractivity contribution in [3.8, 4) is 6.07 Å². The van der Waals surface area contributed by atoms with E-state index in [9.17, 15) is 15.2 Å². The summed E-state index contributed by atoms with van der Waals surface area (Å²) < 4.78 is 50.8. The van der Waals surface area contributed by atoms with Crippen LogP contribution in [-0.4, -0.2) is 64.1 Å². The Hall–Kier alpha value is -3.53. The molecule has 0 aliphatic carbocycles. The lowest BCUT2D eigenvalue weighted by Gasteiger charge is -2.44. The van der Waals surface area contributed by atoms with E-state index in [0.29, 0.717) is 23.6 Å². The van der Waals surface area contributed by atoms with Crippen LogP contribution >= 0.6 is 11.6 Å². The SMILES string of the molecule is CC[C@@](O)(c1cc(F)c2c(c1)C(=O)N(Cc1ncc(C#N)cn1)[C@@]2(O[C@H]1CCOC1)c1ccc(Cl)cc1)C1(F)CCOCC1. The number of rotatable bonds is 8. The highest BCUT2D eigenvalue weighted by Crippen LogP contribution is 2.52. The van der Waals surface area contributed by atoms with Crippen molar-refractivity contribution >= 4 is 17.5 Å². The first-order valence-electron chi connectivity index (χ1n) is 14.5. The van der Waals surface area contributed by atoms with Gasteiger partial charge in [-0.1, -0.05) is 30.7 Å². The van der Waals surface area contributed by atoms with Crippen molar-refractivity contribution in [3.05, 3.63) is 93.3 Å². The molecule has 9 nitrogen and oxygen atoms in total. The number of hydrogen-bond acceptors (Lipinski definition) is 8. The average Bonchev–Trinajstić information content (AvgIpc) is 3.63. The van der Waals surface area contributed by atoms with Crippen LogP contribution in [0.5, 0.6) is 0 Å². The third-order valence-electron chi connectivity index (χ3n) is 8.90. The van der Waals surface area contributed by atoms with Crippen molar-refractivity contribution in [1.29, 1.82) is 5.26 Å². The summed E-state index contributed by atoms with van der Waals surface area (Å²) in [4.78, 5) is 24.3. The molecule has 6 rings (SSSR count). The zero-order valence-corrected chi connectivity index (χ0v) is 24.8. The molecule has 0 radical (unpaired) electrons. The molecule has 230 valence electrons. The minimum Gasteiger partial charge on any atom is -0.382 e. The second kappa shape index (κ2) is 11.8. The number of halogens is 3. The number of hydrogen-bond donors (Lipinski definition) is 1. The predicted molar refractivity (Wildman–Crippen MR) is 154 cm³/mol. The third-order valence-corrected chi connectivity index (χ3v) is 9.15. The van der Waals surface area contributed by atoms with Crippen LogP contribution < -0.4 is 0 Å². The molecule has 1 N–H and O–H groups in total. The molecule has 1 aromatic heterocycles. The Morgan fingerprint density at radius 2 is 1.89 bits per heavy atom. The molecule has 2 saturated heterocycles. The summed E-state index contributed by atoms with van der Waals surface area (Å²) in [5.41, 5.74) is -5.54. The lowest BCUT2D eigenvalue weighted by atomic mass is 9.72. The smallest absolute Gasteiger partial charge is 0.257 e. The van der Waals surface area contributed by atoms with Gasteiger partial charge in [0, 0.05) is 55.6 Å². The molecule has 44 heavy (non-hydrogen) atoms.